The van der Waals surface area contributed by atoms with Gasteiger partial charge in [-0.15, -0.1) is 0 Å². The molecule has 0 radical (unpaired) electrons. The Kier molecular flexibility index (Phi) is 6.55. The molecule has 1 aromatic carbocycles. The minimum absolute atomic E-state index is 0.0105. The van der Waals surface area contributed by atoms with Crippen molar-refractivity contribution < 1.29 is 13.2 Å². The highest BCUT2D eigenvalue weighted by Crippen LogP contribution is 2.27. The maximum absolute atomic E-state index is 12.8. The summed E-state index contributed by atoms with van der Waals surface area (Å²) in [5, 5.41) is 2.92. The van der Waals surface area contributed by atoms with Crippen molar-refractivity contribution in [3.8, 4) is 0 Å². The third-order valence-corrected chi connectivity index (χ3v) is 7.72. The summed E-state index contributed by atoms with van der Waals surface area (Å²) >= 11 is 0. The van der Waals surface area contributed by atoms with Crippen LogP contribution in [0.3, 0.4) is 0 Å². The Labute approximate surface area is 162 Å². The molecule has 150 valence electrons. The first kappa shape index (κ1) is 20.3. The molecular formula is C20H31N3O3S. The van der Waals surface area contributed by atoms with E-state index >= 15 is 0 Å². The van der Waals surface area contributed by atoms with Crippen LogP contribution in [0.2, 0.25) is 0 Å². The molecule has 1 heterocycles. The van der Waals surface area contributed by atoms with Gasteiger partial charge in [-0.2, -0.15) is 4.31 Å². The molecule has 2 aliphatic rings. The number of nitrogens with one attached hydrogen (secondary N) is 1. The van der Waals surface area contributed by atoms with E-state index in [9.17, 15) is 13.2 Å². The fourth-order valence-corrected chi connectivity index (χ4v) is 5.72. The van der Waals surface area contributed by atoms with Crippen molar-refractivity contribution in [1.29, 1.82) is 0 Å². The van der Waals surface area contributed by atoms with Crippen molar-refractivity contribution in [2.75, 3.05) is 13.1 Å². The minimum atomic E-state index is -3.43. The Hall–Kier alpha value is -1.44. The van der Waals surface area contributed by atoms with Crippen molar-refractivity contribution in [3.63, 3.8) is 0 Å². The molecule has 1 saturated carbocycles. The molecule has 0 aromatic heterocycles. The predicted molar refractivity (Wildman–Crippen MR) is 105 cm³/mol. The number of hydrogen-bond acceptors (Lipinski definition) is 4. The van der Waals surface area contributed by atoms with Gasteiger partial charge in [-0.25, -0.2) is 8.42 Å². The van der Waals surface area contributed by atoms with Gasteiger partial charge >= 0.3 is 0 Å². The van der Waals surface area contributed by atoms with E-state index in [-0.39, 0.29) is 17.9 Å². The second-order valence-corrected chi connectivity index (χ2v) is 10.0. The molecule has 7 heteroatoms. The van der Waals surface area contributed by atoms with Gasteiger partial charge in [0, 0.05) is 32.1 Å². The molecule has 1 saturated heterocycles. The number of sulfonamides is 1. The average molecular weight is 394 g/mol. The molecule has 3 rings (SSSR count). The van der Waals surface area contributed by atoms with E-state index in [4.69, 9.17) is 5.73 Å². The zero-order chi connectivity index (χ0) is 19.4. The number of carbonyl (C=O) groups excluding carboxylic acids is 1. The first-order valence-corrected chi connectivity index (χ1v) is 11.4. The van der Waals surface area contributed by atoms with Crippen LogP contribution in [0.15, 0.2) is 29.2 Å². The smallest absolute Gasteiger partial charge is 0.243 e. The van der Waals surface area contributed by atoms with Crippen molar-refractivity contribution in [1.82, 2.24) is 9.62 Å². The van der Waals surface area contributed by atoms with Crippen LogP contribution >= 0.6 is 0 Å². The Morgan fingerprint density at radius 2 is 1.93 bits per heavy atom. The summed E-state index contributed by atoms with van der Waals surface area (Å²) in [6.07, 6.45) is 5.59. The topological polar surface area (TPSA) is 92.5 Å². The second kappa shape index (κ2) is 8.71. The van der Waals surface area contributed by atoms with Gasteiger partial charge < -0.3 is 11.1 Å². The number of hydrogen-bond donors (Lipinski definition) is 2. The maximum Gasteiger partial charge on any atom is 0.243 e. The van der Waals surface area contributed by atoms with Gasteiger partial charge in [-0.05, 0) is 55.2 Å². The number of carbonyl (C=O) groups is 1. The summed E-state index contributed by atoms with van der Waals surface area (Å²) in [4.78, 5) is 12.4. The Balaban J connectivity index is 1.54. The van der Waals surface area contributed by atoms with Crippen LogP contribution in [0.5, 0.6) is 0 Å². The molecule has 1 aromatic rings. The Bertz CT molecular complexity index is 748. The molecule has 0 spiro atoms. The van der Waals surface area contributed by atoms with E-state index in [1.807, 2.05) is 0 Å². The van der Waals surface area contributed by atoms with E-state index < -0.39 is 10.0 Å². The van der Waals surface area contributed by atoms with Gasteiger partial charge in [-0.3, -0.25) is 4.79 Å². The minimum Gasteiger partial charge on any atom is -0.352 e. The Morgan fingerprint density at radius 1 is 1.19 bits per heavy atom. The molecule has 1 aliphatic carbocycles. The molecule has 3 N–H and O–H groups in total. The summed E-state index contributed by atoms with van der Waals surface area (Å²) in [7, 11) is -3.43. The lowest BCUT2D eigenvalue weighted by atomic mass is 10.00. The molecular weight excluding hydrogens is 362 g/mol. The normalized spacial score (nSPS) is 26.8. The van der Waals surface area contributed by atoms with Crippen LogP contribution in [0.25, 0.3) is 0 Å². The molecule has 0 bridgehead atoms. The molecule has 3 atom stereocenters. The van der Waals surface area contributed by atoms with E-state index in [1.54, 1.807) is 28.6 Å². The van der Waals surface area contributed by atoms with Crippen molar-refractivity contribution >= 4 is 15.9 Å². The van der Waals surface area contributed by atoms with E-state index in [0.717, 1.165) is 37.7 Å². The summed E-state index contributed by atoms with van der Waals surface area (Å²) in [5.74, 6) is 0.691. The predicted octanol–water partition coefficient (Wildman–Crippen LogP) is 2.24. The third kappa shape index (κ3) is 5.09. The zero-order valence-corrected chi connectivity index (χ0v) is 16.9. The van der Waals surface area contributed by atoms with Gasteiger partial charge in [0.25, 0.3) is 0 Å². The lowest BCUT2D eigenvalue weighted by Gasteiger charge is -2.30. The maximum atomic E-state index is 12.8. The monoisotopic (exact) mass is 393 g/mol. The fourth-order valence-electron chi connectivity index (χ4n) is 4.12. The van der Waals surface area contributed by atoms with Crippen LogP contribution in [0, 0.1) is 11.8 Å². The standard InChI is InChI=1S/C20H31N3O3S/c1-15-4-3-11-23(14-15)27(25,26)18-9-7-16(8-10-18)13-22-20(24)12-17-5-2-6-19(17)21/h7-10,15,17,19H,2-6,11-14,21H2,1H3,(H,22,24)/t15?,17-,19+/m0/s1. The second-order valence-electron chi connectivity index (χ2n) is 8.09. The molecule has 1 aliphatic heterocycles. The van der Waals surface area contributed by atoms with Crippen molar-refractivity contribution in [2.45, 2.75) is 62.9 Å². The first-order valence-electron chi connectivity index (χ1n) is 9.97. The van der Waals surface area contributed by atoms with Crippen LogP contribution < -0.4 is 11.1 Å². The molecule has 27 heavy (non-hydrogen) atoms. The number of rotatable bonds is 6. The number of benzene rings is 1. The summed E-state index contributed by atoms with van der Waals surface area (Å²) in [6.45, 7) is 3.67. The molecule has 1 amide bonds. The quantitative estimate of drug-likeness (QED) is 0.775. The fraction of sp³-hybridized carbons (Fsp3) is 0.650. The van der Waals surface area contributed by atoms with Gasteiger partial charge in [0.05, 0.1) is 4.90 Å². The number of nitrogens with two attached hydrogens (primary N) is 1. The number of piperidine rings is 1. The summed E-state index contributed by atoms with van der Waals surface area (Å²) < 4.78 is 27.1. The molecule has 2 fully saturated rings. The highest BCUT2D eigenvalue weighted by atomic mass is 32.2. The lowest BCUT2D eigenvalue weighted by molar-refractivity contribution is -0.122. The largest absolute Gasteiger partial charge is 0.352 e. The Morgan fingerprint density at radius 3 is 2.56 bits per heavy atom. The van der Waals surface area contributed by atoms with Crippen LogP contribution in [-0.4, -0.2) is 37.8 Å². The lowest BCUT2D eigenvalue weighted by Crippen LogP contribution is -2.39. The van der Waals surface area contributed by atoms with Gasteiger partial charge in [0.15, 0.2) is 0 Å². The van der Waals surface area contributed by atoms with Gasteiger partial charge in [0.1, 0.15) is 0 Å². The zero-order valence-electron chi connectivity index (χ0n) is 16.1. The van der Waals surface area contributed by atoms with Crippen molar-refractivity contribution in [3.05, 3.63) is 29.8 Å². The summed E-state index contributed by atoms with van der Waals surface area (Å²) in [6, 6.07) is 6.98. The van der Waals surface area contributed by atoms with Gasteiger partial charge in [0.2, 0.25) is 15.9 Å². The molecule has 6 nitrogen and oxygen atoms in total. The highest BCUT2D eigenvalue weighted by Gasteiger charge is 2.28. The van der Waals surface area contributed by atoms with Crippen LogP contribution in [0.1, 0.15) is 51.0 Å². The first-order chi connectivity index (χ1) is 12.9. The average Bonchev–Trinajstić information content (AvgIpc) is 3.05. The summed E-state index contributed by atoms with van der Waals surface area (Å²) in [5.41, 5.74) is 6.91. The number of nitrogens with zero attached hydrogens (tertiary/aromatic N) is 1. The third-order valence-electron chi connectivity index (χ3n) is 5.84. The van der Waals surface area contributed by atoms with E-state index in [2.05, 4.69) is 12.2 Å². The van der Waals surface area contributed by atoms with E-state index in [0.29, 0.717) is 36.9 Å². The van der Waals surface area contributed by atoms with Gasteiger partial charge in [-0.1, -0.05) is 25.5 Å². The number of amides is 1. The van der Waals surface area contributed by atoms with Crippen LogP contribution in [-0.2, 0) is 21.4 Å². The SMILES string of the molecule is CC1CCCN(S(=O)(=O)c2ccc(CNC(=O)C[C@@H]3CCC[C@H]3N)cc2)C1. The molecule has 1 unspecified atom stereocenters. The van der Waals surface area contributed by atoms with Crippen molar-refractivity contribution in [2.24, 2.45) is 17.6 Å². The van der Waals surface area contributed by atoms with E-state index in [1.165, 1.54) is 0 Å². The van der Waals surface area contributed by atoms with Crippen LogP contribution in [0.4, 0.5) is 0 Å². The highest BCUT2D eigenvalue weighted by molar-refractivity contribution is 7.89.